The number of rotatable bonds is 3. The number of benzene rings is 2. The van der Waals surface area contributed by atoms with Crippen LogP contribution in [0.25, 0.3) is 0 Å². The lowest BCUT2D eigenvalue weighted by Crippen LogP contribution is -2.30. The summed E-state index contributed by atoms with van der Waals surface area (Å²) in [6.07, 6.45) is 0. The van der Waals surface area contributed by atoms with Crippen molar-refractivity contribution in [2.24, 2.45) is 0 Å². The summed E-state index contributed by atoms with van der Waals surface area (Å²) < 4.78 is 12.9. The molecule has 7 heteroatoms. The van der Waals surface area contributed by atoms with E-state index in [1.165, 1.54) is 36.2 Å². The number of hydrogen-bond donors (Lipinski definition) is 1. The molecule has 0 atom stereocenters. The Kier molecular flexibility index (Phi) is 4.22. The van der Waals surface area contributed by atoms with Crippen molar-refractivity contribution in [1.82, 2.24) is 9.80 Å². The average molecular weight is 341 g/mol. The highest BCUT2D eigenvalue weighted by Crippen LogP contribution is 2.24. The number of halogens is 1. The highest BCUT2D eigenvalue weighted by molar-refractivity contribution is 6.21. The molecule has 0 aliphatic carbocycles. The topological polar surface area (TPSA) is 69.7 Å². The standard InChI is InChI=1S/C18H16FN3O3/c1-21(10-11-3-5-12(19)6-4-11)18(25)20-13-7-8-14-15(9-13)17(24)22(2)16(14)23/h3-9H,10H2,1-2H3,(H,20,25). The van der Waals surface area contributed by atoms with Gasteiger partial charge in [-0.1, -0.05) is 12.1 Å². The van der Waals surface area contributed by atoms with Gasteiger partial charge in [-0.05, 0) is 35.9 Å². The van der Waals surface area contributed by atoms with Gasteiger partial charge in [-0.15, -0.1) is 0 Å². The molecule has 6 nitrogen and oxygen atoms in total. The first-order chi connectivity index (χ1) is 11.9. The van der Waals surface area contributed by atoms with Crippen molar-refractivity contribution in [2.75, 3.05) is 19.4 Å². The van der Waals surface area contributed by atoms with Crippen LogP contribution in [-0.2, 0) is 6.54 Å². The SMILES string of the molecule is CN(Cc1ccc(F)cc1)C(=O)Nc1ccc2c(c1)C(=O)N(C)C2=O. The van der Waals surface area contributed by atoms with Gasteiger partial charge in [0.15, 0.2) is 0 Å². The third kappa shape index (κ3) is 3.21. The fourth-order valence-corrected chi connectivity index (χ4v) is 2.59. The van der Waals surface area contributed by atoms with Crippen LogP contribution in [-0.4, -0.2) is 41.7 Å². The van der Waals surface area contributed by atoms with E-state index in [2.05, 4.69) is 5.32 Å². The zero-order valence-electron chi connectivity index (χ0n) is 13.7. The second kappa shape index (κ2) is 6.35. The number of imide groups is 1. The summed E-state index contributed by atoms with van der Waals surface area (Å²) >= 11 is 0. The molecule has 0 spiro atoms. The summed E-state index contributed by atoms with van der Waals surface area (Å²) in [5.41, 5.74) is 1.80. The molecule has 1 N–H and O–H groups in total. The largest absolute Gasteiger partial charge is 0.323 e. The molecule has 0 saturated carbocycles. The Morgan fingerprint density at radius 2 is 1.72 bits per heavy atom. The van der Waals surface area contributed by atoms with E-state index >= 15 is 0 Å². The summed E-state index contributed by atoms with van der Waals surface area (Å²) in [5, 5.41) is 2.68. The average Bonchev–Trinajstić information content (AvgIpc) is 2.81. The van der Waals surface area contributed by atoms with Crippen molar-refractivity contribution in [1.29, 1.82) is 0 Å². The number of amides is 4. The van der Waals surface area contributed by atoms with Crippen LogP contribution in [0.2, 0.25) is 0 Å². The van der Waals surface area contributed by atoms with Gasteiger partial charge in [0, 0.05) is 26.3 Å². The van der Waals surface area contributed by atoms with Gasteiger partial charge in [0.05, 0.1) is 11.1 Å². The van der Waals surface area contributed by atoms with Gasteiger partial charge < -0.3 is 10.2 Å². The van der Waals surface area contributed by atoms with Crippen molar-refractivity contribution in [3.8, 4) is 0 Å². The number of fused-ring (bicyclic) bond motifs is 1. The molecule has 4 amide bonds. The number of carbonyl (C=O) groups excluding carboxylic acids is 3. The van der Waals surface area contributed by atoms with Crippen molar-refractivity contribution < 1.29 is 18.8 Å². The lowest BCUT2D eigenvalue weighted by molar-refractivity contribution is 0.0693. The van der Waals surface area contributed by atoms with Gasteiger partial charge in [-0.3, -0.25) is 14.5 Å². The Balaban J connectivity index is 1.70. The molecule has 0 radical (unpaired) electrons. The van der Waals surface area contributed by atoms with E-state index in [1.807, 2.05) is 0 Å². The number of nitrogens with one attached hydrogen (secondary N) is 1. The van der Waals surface area contributed by atoms with Crippen LogP contribution in [0.5, 0.6) is 0 Å². The van der Waals surface area contributed by atoms with E-state index in [0.717, 1.165) is 10.5 Å². The molecule has 0 saturated heterocycles. The lowest BCUT2D eigenvalue weighted by Gasteiger charge is -2.18. The molecule has 0 unspecified atom stereocenters. The summed E-state index contributed by atoms with van der Waals surface area (Å²) in [4.78, 5) is 38.6. The van der Waals surface area contributed by atoms with E-state index in [4.69, 9.17) is 0 Å². The smallest absolute Gasteiger partial charge is 0.321 e. The van der Waals surface area contributed by atoms with Gasteiger partial charge in [-0.2, -0.15) is 0 Å². The monoisotopic (exact) mass is 341 g/mol. The normalized spacial score (nSPS) is 13.0. The predicted molar refractivity (Wildman–Crippen MR) is 89.8 cm³/mol. The second-order valence-electron chi connectivity index (χ2n) is 5.84. The number of hydrogen-bond acceptors (Lipinski definition) is 3. The number of urea groups is 1. The fourth-order valence-electron chi connectivity index (χ4n) is 2.59. The Bertz CT molecular complexity index is 864. The number of nitrogens with zero attached hydrogens (tertiary/aromatic N) is 2. The van der Waals surface area contributed by atoms with E-state index in [1.54, 1.807) is 25.2 Å². The van der Waals surface area contributed by atoms with Gasteiger partial charge in [-0.25, -0.2) is 9.18 Å². The second-order valence-corrected chi connectivity index (χ2v) is 5.84. The van der Waals surface area contributed by atoms with Crippen LogP contribution in [0, 0.1) is 5.82 Å². The third-order valence-electron chi connectivity index (χ3n) is 4.02. The van der Waals surface area contributed by atoms with Crippen molar-refractivity contribution >= 4 is 23.5 Å². The molecule has 1 heterocycles. The third-order valence-corrected chi connectivity index (χ3v) is 4.02. The molecule has 1 aliphatic rings. The van der Waals surface area contributed by atoms with Crippen LogP contribution in [0.1, 0.15) is 26.3 Å². The van der Waals surface area contributed by atoms with Crippen LogP contribution < -0.4 is 5.32 Å². The van der Waals surface area contributed by atoms with Crippen molar-refractivity contribution in [3.05, 3.63) is 65.0 Å². The Morgan fingerprint density at radius 1 is 1.08 bits per heavy atom. The number of anilines is 1. The molecule has 0 bridgehead atoms. The molecule has 0 fully saturated rings. The van der Waals surface area contributed by atoms with E-state index < -0.39 is 5.91 Å². The molecule has 3 rings (SSSR count). The molecular weight excluding hydrogens is 325 g/mol. The summed E-state index contributed by atoms with van der Waals surface area (Å²) in [6.45, 7) is 0.303. The van der Waals surface area contributed by atoms with Gasteiger partial charge in [0.1, 0.15) is 5.82 Å². The minimum atomic E-state index is -0.393. The van der Waals surface area contributed by atoms with Crippen LogP contribution in [0.3, 0.4) is 0 Å². The molecule has 2 aromatic carbocycles. The summed E-state index contributed by atoms with van der Waals surface area (Å²) in [5.74, 6) is -1.08. The first kappa shape index (κ1) is 16.6. The zero-order valence-corrected chi connectivity index (χ0v) is 13.7. The zero-order chi connectivity index (χ0) is 18.1. The Morgan fingerprint density at radius 3 is 2.40 bits per heavy atom. The molecule has 0 aromatic heterocycles. The van der Waals surface area contributed by atoms with Gasteiger partial charge >= 0.3 is 6.03 Å². The Labute approximate surface area is 143 Å². The van der Waals surface area contributed by atoms with Crippen molar-refractivity contribution in [2.45, 2.75) is 6.54 Å². The van der Waals surface area contributed by atoms with E-state index in [0.29, 0.717) is 17.8 Å². The van der Waals surface area contributed by atoms with Crippen molar-refractivity contribution in [3.63, 3.8) is 0 Å². The van der Waals surface area contributed by atoms with E-state index in [-0.39, 0.29) is 23.3 Å². The Hall–Kier alpha value is -3.22. The fraction of sp³-hybridized carbons (Fsp3) is 0.167. The van der Waals surface area contributed by atoms with Crippen LogP contribution in [0.15, 0.2) is 42.5 Å². The molecule has 1 aliphatic heterocycles. The number of carbonyl (C=O) groups is 3. The maximum Gasteiger partial charge on any atom is 0.321 e. The highest BCUT2D eigenvalue weighted by Gasteiger charge is 2.32. The minimum absolute atomic E-state index is 0.270. The maximum atomic E-state index is 12.9. The summed E-state index contributed by atoms with van der Waals surface area (Å²) in [7, 11) is 3.02. The van der Waals surface area contributed by atoms with Gasteiger partial charge in [0.2, 0.25) is 0 Å². The predicted octanol–water partition coefficient (Wildman–Crippen LogP) is 2.72. The highest BCUT2D eigenvalue weighted by atomic mass is 19.1. The van der Waals surface area contributed by atoms with Crippen LogP contribution >= 0.6 is 0 Å². The quantitative estimate of drug-likeness (QED) is 0.873. The summed E-state index contributed by atoms with van der Waals surface area (Å²) in [6, 6.07) is 10.1. The lowest BCUT2D eigenvalue weighted by atomic mass is 10.1. The molecule has 25 heavy (non-hydrogen) atoms. The minimum Gasteiger partial charge on any atom is -0.323 e. The van der Waals surface area contributed by atoms with Gasteiger partial charge in [0.25, 0.3) is 11.8 Å². The first-order valence-electron chi connectivity index (χ1n) is 7.60. The molecule has 128 valence electrons. The maximum absolute atomic E-state index is 12.9. The van der Waals surface area contributed by atoms with Crippen LogP contribution in [0.4, 0.5) is 14.9 Å². The molecule has 2 aromatic rings. The first-order valence-corrected chi connectivity index (χ1v) is 7.60. The van der Waals surface area contributed by atoms with E-state index in [9.17, 15) is 18.8 Å². The molecular formula is C18H16FN3O3.